The second-order valence-electron chi connectivity index (χ2n) is 16.9. The van der Waals surface area contributed by atoms with Crippen molar-refractivity contribution in [1.29, 1.82) is 0 Å². The van der Waals surface area contributed by atoms with Gasteiger partial charge in [0.25, 0.3) is 11.4 Å². The minimum Gasteiger partial charge on any atom is -0.497 e. The monoisotopic (exact) mass is 1040 g/mol. The molecule has 2 amide bonds. The molecule has 0 saturated carbocycles. The summed E-state index contributed by atoms with van der Waals surface area (Å²) < 4.78 is 10.2. The van der Waals surface area contributed by atoms with Crippen LogP contribution in [0.25, 0.3) is 0 Å². The van der Waals surface area contributed by atoms with Gasteiger partial charge in [-0.25, -0.2) is 19.2 Å². The van der Waals surface area contributed by atoms with E-state index >= 15 is 0 Å². The van der Waals surface area contributed by atoms with Gasteiger partial charge in [-0.1, -0.05) is 24.3 Å². The molecule has 23 heteroatoms. The number of benzene rings is 4. The van der Waals surface area contributed by atoms with Gasteiger partial charge in [-0.3, -0.25) is 29.8 Å². The number of hydrogen-bond acceptors (Lipinski definition) is 14. The van der Waals surface area contributed by atoms with Crippen LogP contribution in [-0.2, 0) is 28.8 Å². The maximum atomic E-state index is 12.4. The maximum Gasteiger partial charge on any atom is 0.334 e. The molecule has 0 aliphatic carbocycles. The van der Waals surface area contributed by atoms with E-state index in [9.17, 15) is 69.4 Å². The Morgan fingerprint density at radius 2 is 0.813 bits per heavy atom. The van der Waals surface area contributed by atoms with Crippen molar-refractivity contribution in [2.24, 2.45) is 0 Å². The first kappa shape index (κ1) is 58.2. The van der Waals surface area contributed by atoms with Crippen LogP contribution in [0.1, 0.15) is 76.3 Å². The molecule has 0 unspecified atom stereocenters. The largest absolute Gasteiger partial charge is 0.497 e. The summed E-state index contributed by atoms with van der Waals surface area (Å²) in [5.41, 5.74) is 1.51. The molecule has 2 aliphatic rings. The third kappa shape index (κ3) is 14.0. The van der Waals surface area contributed by atoms with Gasteiger partial charge in [-0.2, -0.15) is 0 Å². The summed E-state index contributed by atoms with van der Waals surface area (Å²) in [6, 6.07) is 24.3. The molecule has 0 atom stereocenters. The summed E-state index contributed by atoms with van der Waals surface area (Å²) in [6.45, 7) is 6.65. The SMILES string of the molecule is COc1ccc(NC(=O)CCCN2C(C)=C(C(=O)O)C(c3cccc([N+](=O)[O-])c3)C(C(=O)O)=C2C)cc1.COc1ccc(NC(=O)CCCN2C(C)=C(C(=O)O)C(c3cccc([N+](=O)[O-])c3)C(C(=O)O)=C2C)cc1.O. The van der Waals surface area contributed by atoms with Crippen LogP contribution in [0.4, 0.5) is 22.7 Å². The van der Waals surface area contributed by atoms with Gasteiger partial charge in [0.2, 0.25) is 11.8 Å². The Labute approximate surface area is 429 Å². The van der Waals surface area contributed by atoms with E-state index in [4.69, 9.17) is 9.47 Å². The summed E-state index contributed by atoms with van der Waals surface area (Å²) in [5.74, 6) is -6.93. The topological polar surface area (TPSA) is 350 Å². The smallest absolute Gasteiger partial charge is 0.334 e. The number of carbonyl (C=O) groups is 6. The highest BCUT2D eigenvalue weighted by atomic mass is 16.6. The Hall–Kier alpha value is -9.38. The molecule has 0 radical (unpaired) electrons. The Morgan fingerprint density at radius 3 is 1.07 bits per heavy atom. The van der Waals surface area contributed by atoms with Crippen LogP contribution in [0.5, 0.6) is 11.5 Å². The van der Waals surface area contributed by atoms with Gasteiger partial charge in [0.1, 0.15) is 11.5 Å². The number of carboxylic acid groups (broad SMARTS) is 4. The van der Waals surface area contributed by atoms with E-state index in [0.717, 1.165) is 0 Å². The molecule has 4 aromatic rings. The van der Waals surface area contributed by atoms with E-state index in [2.05, 4.69) is 10.6 Å². The summed E-state index contributed by atoms with van der Waals surface area (Å²) in [7, 11) is 3.08. The van der Waals surface area contributed by atoms with Crippen LogP contribution < -0.4 is 20.1 Å². The molecule has 0 fully saturated rings. The summed E-state index contributed by atoms with van der Waals surface area (Å²) in [6.07, 6.45) is 0.861. The van der Waals surface area contributed by atoms with Crippen molar-refractivity contribution in [3.8, 4) is 11.5 Å². The first-order valence-electron chi connectivity index (χ1n) is 22.8. The molecule has 0 aromatic heterocycles. The maximum absolute atomic E-state index is 12.4. The van der Waals surface area contributed by atoms with Crippen molar-refractivity contribution in [3.05, 3.63) is 173 Å². The van der Waals surface area contributed by atoms with E-state index < -0.39 is 45.6 Å². The Bertz CT molecular complexity index is 2720. The molecule has 0 bridgehead atoms. The number of ether oxygens (including phenoxy) is 2. The molecule has 23 nitrogen and oxygen atoms in total. The van der Waals surface area contributed by atoms with Gasteiger partial charge in [0, 0.05) is 84.4 Å². The van der Waals surface area contributed by atoms with E-state index in [1.807, 2.05) is 0 Å². The zero-order valence-corrected chi connectivity index (χ0v) is 41.6. The summed E-state index contributed by atoms with van der Waals surface area (Å²) in [4.78, 5) is 98.5. The standard InChI is InChI=1S/2C26H27N3O8.H2O/c2*1-15-22(25(31)32)24(17-6-4-7-19(14-17)29(35)36)23(26(33)34)16(2)28(15)13-5-8-21(30)27-18-9-11-20(37-3)12-10-18;/h2*4,6-7,9-12,14,24H,5,8,13H2,1-3H3,(H,27,30)(H,31,32)(H,33,34);1H2. The van der Waals surface area contributed by atoms with Crippen LogP contribution in [-0.4, -0.2) is 109 Å². The average molecular weight is 1040 g/mol. The number of nitro benzene ring substituents is 2. The van der Waals surface area contributed by atoms with Gasteiger partial charge in [-0.15, -0.1) is 0 Å². The highest BCUT2D eigenvalue weighted by Crippen LogP contribution is 2.44. The number of carboxylic acids is 4. The second kappa shape index (κ2) is 25.8. The first-order chi connectivity index (χ1) is 35.1. The number of rotatable bonds is 20. The van der Waals surface area contributed by atoms with Gasteiger partial charge in [-0.05, 0) is 100 Å². The summed E-state index contributed by atoms with van der Waals surface area (Å²) in [5, 5.41) is 68.2. The number of aliphatic carboxylic acids is 4. The van der Waals surface area contributed by atoms with Gasteiger partial charge >= 0.3 is 23.9 Å². The minimum atomic E-state index is -1.33. The number of non-ortho nitro benzene ring substituents is 2. The lowest BCUT2D eigenvalue weighted by Crippen LogP contribution is -2.35. The number of nitrogens with one attached hydrogen (secondary N) is 2. The van der Waals surface area contributed by atoms with E-state index in [0.29, 0.717) is 58.5 Å². The van der Waals surface area contributed by atoms with E-state index in [1.54, 1.807) is 100 Å². The number of hydrogen-bond donors (Lipinski definition) is 6. The molecule has 2 aliphatic heterocycles. The molecule has 2 heterocycles. The van der Waals surface area contributed by atoms with Crippen LogP contribution in [0, 0.1) is 20.2 Å². The van der Waals surface area contributed by atoms with Gasteiger partial charge < -0.3 is 55.8 Å². The summed E-state index contributed by atoms with van der Waals surface area (Å²) >= 11 is 0. The zero-order valence-electron chi connectivity index (χ0n) is 41.6. The molecule has 6 rings (SSSR count). The average Bonchev–Trinajstić information content (AvgIpc) is 3.35. The predicted molar refractivity (Wildman–Crippen MR) is 272 cm³/mol. The second-order valence-corrected chi connectivity index (χ2v) is 16.9. The molecular formula is C52H56N6O17. The number of carbonyl (C=O) groups excluding carboxylic acids is 2. The fraction of sp³-hybridized carbons (Fsp3) is 0.269. The minimum absolute atomic E-state index is 0. The van der Waals surface area contributed by atoms with E-state index in [-0.39, 0.29) is 88.0 Å². The number of anilines is 2. The van der Waals surface area contributed by atoms with Crippen LogP contribution in [0.3, 0.4) is 0 Å². The third-order valence-corrected chi connectivity index (χ3v) is 12.4. The fourth-order valence-electron chi connectivity index (χ4n) is 8.89. The lowest BCUT2D eigenvalue weighted by atomic mass is 9.79. The van der Waals surface area contributed by atoms with Crippen LogP contribution >= 0.6 is 0 Å². The lowest BCUT2D eigenvalue weighted by molar-refractivity contribution is -0.385. The highest BCUT2D eigenvalue weighted by molar-refractivity contribution is 5.99. The highest BCUT2D eigenvalue weighted by Gasteiger charge is 2.41. The van der Waals surface area contributed by atoms with Crippen molar-refractivity contribution in [2.45, 2.75) is 65.2 Å². The Morgan fingerprint density at radius 1 is 0.520 bits per heavy atom. The number of amides is 2. The van der Waals surface area contributed by atoms with Crippen LogP contribution in [0.2, 0.25) is 0 Å². The number of methoxy groups -OCH3 is 2. The Balaban J connectivity index is 0.000000320. The van der Waals surface area contributed by atoms with E-state index in [1.165, 1.54) is 48.5 Å². The number of allylic oxidation sites excluding steroid dienone is 4. The zero-order chi connectivity index (χ0) is 54.6. The van der Waals surface area contributed by atoms with Crippen molar-refractivity contribution in [1.82, 2.24) is 9.80 Å². The van der Waals surface area contributed by atoms with Crippen LogP contribution in [0.15, 0.2) is 142 Å². The number of nitro groups is 2. The third-order valence-electron chi connectivity index (χ3n) is 12.4. The molecular weight excluding hydrogens is 981 g/mol. The van der Waals surface area contributed by atoms with Crippen molar-refractivity contribution < 1.29 is 74.0 Å². The Kier molecular flexibility index (Phi) is 20.0. The molecule has 0 saturated heterocycles. The number of nitrogens with zero attached hydrogens (tertiary/aromatic N) is 4. The molecule has 396 valence electrons. The first-order valence-corrected chi connectivity index (χ1v) is 22.8. The molecule has 75 heavy (non-hydrogen) atoms. The van der Waals surface area contributed by atoms with Crippen molar-refractivity contribution in [3.63, 3.8) is 0 Å². The molecule has 4 aromatic carbocycles. The fourth-order valence-corrected chi connectivity index (χ4v) is 8.89. The quantitative estimate of drug-likeness (QED) is 0.0369. The normalized spacial score (nSPS) is 13.8. The lowest BCUT2D eigenvalue weighted by Gasteiger charge is -2.37. The van der Waals surface area contributed by atoms with Gasteiger partial charge in [0.15, 0.2) is 0 Å². The molecule has 8 N–H and O–H groups in total. The van der Waals surface area contributed by atoms with Crippen molar-refractivity contribution >= 4 is 58.4 Å². The molecule has 0 spiro atoms. The predicted octanol–water partition coefficient (Wildman–Crippen LogP) is 7.45. The van der Waals surface area contributed by atoms with Gasteiger partial charge in [0.05, 0.1) is 58.2 Å². The van der Waals surface area contributed by atoms with Crippen molar-refractivity contribution in [2.75, 3.05) is 37.9 Å².